The molecule has 0 saturated heterocycles. The zero-order valence-corrected chi connectivity index (χ0v) is 12.4. The highest BCUT2D eigenvalue weighted by atomic mass is 35.5. The predicted molar refractivity (Wildman–Crippen MR) is 77.7 cm³/mol. The summed E-state index contributed by atoms with van der Waals surface area (Å²) in [5.74, 6) is 0.0187. The van der Waals surface area contributed by atoms with Gasteiger partial charge in [-0.05, 0) is 42.7 Å². The highest BCUT2D eigenvalue weighted by molar-refractivity contribution is 7.98. The average Bonchev–Trinajstić information content (AvgIpc) is 2.43. The Labute approximate surface area is 121 Å². The molecule has 4 nitrogen and oxygen atoms in total. The molecule has 104 valence electrons. The SMILES string of the molecule is COC(=O)C(CCSC)NC(=O)c1ccc(Cl)cc1. The second kappa shape index (κ2) is 8.07. The van der Waals surface area contributed by atoms with Crippen LogP contribution in [0.5, 0.6) is 0 Å². The molecule has 0 aliphatic rings. The Hall–Kier alpha value is -1.20. The van der Waals surface area contributed by atoms with E-state index in [9.17, 15) is 9.59 Å². The Kier molecular flexibility index (Phi) is 6.73. The van der Waals surface area contributed by atoms with Crippen LogP contribution in [0.15, 0.2) is 24.3 Å². The lowest BCUT2D eigenvalue weighted by molar-refractivity contribution is -0.142. The molecule has 1 rings (SSSR count). The Morgan fingerprint density at radius 3 is 2.53 bits per heavy atom. The maximum absolute atomic E-state index is 12.0. The molecule has 6 heteroatoms. The molecule has 0 aliphatic carbocycles. The second-order valence-electron chi connectivity index (χ2n) is 3.84. The zero-order chi connectivity index (χ0) is 14.3. The first-order chi connectivity index (χ1) is 9.08. The number of hydrogen-bond acceptors (Lipinski definition) is 4. The molecule has 0 saturated carbocycles. The maximum atomic E-state index is 12.0. The van der Waals surface area contributed by atoms with Crippen molar-refractivity contribution in [3.05, 3.63) is 34.9 Å². The van der Waals surface area contributed by atoms with Crippen LogP contribution < -0.4 is 5.32 Å². The summed E-state index contributed by atoms with van der Waals surface area (Å²) in [5.41, 5.74) is 0.461. The van der Waals surface area contributed by atoms with Gasteiger partial charge in [0.1, 0.15) is 6.04 Å². The molecule has 1 aromatic rings. The summed E-state index contributed by atoms with van der Waals surface area (Å²) in [6.07, 6.45) is 2.47. The van der Waals surface area contributed by atoms with Crippen molar-refractivity contribution in [1.82, 2.24) is 5.32 Å². The average molecular weight is 302 g/mol. The van der Waals surface area contributed by atoms with Crippen LogP contribution in [0.1, 0.15) is 16.8 Å². The third-order valence-electron chi connectivity index (χ3n) is 2.51. The number of ether oxygens (including phenoxy) is 1. The number of halogens is 1. The normalized spacial score (nSPS) is 11.7. The summed E-state index contributed by atoms with van der Waals surface area (Å²) in [4.78, 5) is 23.6. The van der Waals surface area contributed by atoms with Crippen molar-refractivity contribution in [2.75, 3.05) is 19.1 Å². The van der Waals surface area contributed by atoms with E-state index >= 15 is 0 Å². The first kappa shape index (κ1) is 15.9. The molecule has 0 bridgehead atoms. The highest BCUT2D eigenvalue weighted by Crippen LogP contribution is 2.10. The molecule has 19 heavy (non-hydrogen) atoms. The van der Waals surface area contributed by atoms with Gasteiger partial charge < -0.3 is 10.1 Å². The van der Waals surface area contributed by atoms with Crippen LogP contribution in [0.4, 0.5) is 0 Å². The van der Waals surface area contributed by atoms with Crippen molar-refractivity contribution >= 4 is 35.2 Å². The van der Waals surface area contributed by atoms with Gasteiger partial charge in [0.25, 0.3) is 5.91 Å². The zero-order valence-electron chi connectivity index (χ0n) is 10.8. The van der Waals surface area contributed by atoms with Gasteiger partial charge in [-0.3, -0.25) is 4.79 Å². The molecule has 0 spiro atoms. The predicted octanol–water partition coefficient (Wildman–Crippen LogP) is 2.36. The van der Waals surface area contributed by atoms with E-state index in [0.717, 1.165) is 5.75 Å². The van der Waals surface area contributed by atoms with Crippen LogP contribution >= 0.6 is 23.4 Å². The fraction of sp³-hybridized carbons (Fsp3) is 0.385. The lowest BCUT2D eigenvalue weighted by Gasteiger charge is -2.16. The number of hydrogen-bond donors (Lipinski definition) is 1. The number of nitrogens with one attached hydrogen (secondary N) is 1. The Balaban J connectivity index is 2.69. The van der Waals surface area contributed by atoms with Gasteiger partial charge in [-0.1, -0.05) is 11.6 Å². The lowest BCUT2D eigenvalue weighted by Crippen LogP contribution is -2.41. The van der Waals surface area contributed by atoms with E-state index in [1.807, 2.05) is 6.26 Å². The number of carbonyl (C=O) groups excluding carboxylic acids is 2. The first-order valence-corrected chi connectivity index (χ1v) is 7.49. The van der Waals surface area contributed by atoms with Crippen LogP contribution in [-0.4, -0.2) is 37.0 Å². The molecule has 1 amide bonds. The fourth-order valence-electron chi connectivity index (χ4n) is 1.47. The van der Waals surface area contributed by atoms with Crippen LogP contribution in [0.3, 0.4) is 0 Å². The van der Waals surface area contributed by atoms with E-state index in [2.05, 4.69) is 10.1 Å². The number of methoxy groups -OCH3 is 1. The topological polar surface area (TPSA) is 55.4 Å². The van der Waals surface area contributed by atoms with Gasteiger partial charge in [0.15, 0.2) is 0 Å². The quantitative estimate of drug-likeness (QED) is 0.820. The third-order valence-corrected chi connectivity index (χ3v) is 3.40. The Bertz CT molecular complexity index is 436. The maximum Gasteiger partial charge on any atom is 0.328 e. The monoisotopic (exact) mass is 301 g/mol. The summed E-state index contributed by atoms with van der Waals surface area (Å²) in [6, 6.07) is 5.86. The van der Waals surface area contributed by atoms with E-state index in [1.165, 1.54) is 7.11 Å². The molecule has 0 heterocycles. The highest BCUT2D eigenvalue weighted by Gasteiger charge is 2.21. The molecule has 0 aromatic heterocycles. The number of benzene rings is 1. The first-order valence-electron chi connectivity index (χ1n) is 5.71. The van der Waals surface area contributed by atoms with E-state index in [-0.39, 0.29) is 5.91 Å². The van der Waals surface area contributed by atoms with Gasteiger partial charge in [-0.15, -0.1) is 0 Å². The molecule has 0 radical (unpaired) electrons. The minimum atomic E-state index is -0.624. The molecule has 1 unspecified atom stereocenters. The van der Waals surface area contributed by atoms with Gasteiger partial charge in [-0.25, -0.2) is 4.79 Å². The molecular formula is C13H16ClNO3S. The smallest absolute Gasteiger partial charge is 0.328 e. The largest absolute Gasteiger partial charge is 0.467 e. The molecule has 0 fully saturated rings. The van der Waals surface area contributed by atoms with Crippen molar-refractivity contribution in [3.63, 3.8) is 0 Å². The van der Waals surface area contributed by atoms with Crippen molar-refractivity contribution in [2.45, 2.75) is 12.5 Å². The van der Waals surface area contributed by atoms with Gasteiger partial charge in [-0.2, -0.15) is 11.8 Å². The second-order valence-corrected chi connectivity index (χ2v) is 5.26. The van der Waals surface area contributed by atoms with Crippen molar-refractivity contribution in [1.29, 1.82) is 0 Å². The number of esters is 1. The standard InChI is InChI=1S/C13H16ClNO3S/c1-18-13(17)11(7-8-19-2)15-12(16)9-3-5-10(14)6-4-9/h3-6,11H,7-8H2,1-2H3,(H,15,16). The van der Waals surface area contributed by atoms with E-state index in [0.29, 0.717) is 17.0 Å². The molecule has 0 aliphatic heterocycles. The van der Waals surface area contributed by atoms with Crippen LogP contribution in [-0.2, 0) is 9.53 Å². The Morgan fingerprint density at radius 2 is 2.00 bits per heavy atom. The summed E-state index contributed by atoms with van der Waals surface area (Å²) in [5, 5.41) is 3.23. The van der Waals surface area contributed by atoms with Gasteiger partial charge in [0.2, 0.25) is 0 Å². The van der Waals surface area contributed by atoms with E-state index in [4.69, 9.17) is 11.6 Å². The summed E-state index contributed by atoms with van der Waals surface area (Å²) < 4.78 is 4.68. The molecular weight excluding hydrogens is 286 g/mol. The number of rotatable bonds is 6. The number of thioether (sulfide) groups is 1. The van der Waals surface area contributed by atoms with Crippen molar-refractivity contribution < 1.29 is 14.3 Å². The van der Waals surface area contributed by atoms with Crippen LogP contribution in [0.2, 0.25) is 5.02 Å². The van der Waals surface area contributed by atoms with Crippen LogP contribution in [0, 0.1) is 0 Å². The summed E-state index contributed by atoms with van der Waals surface area (Å²) >= 11 is 7.36. The van der Waals surface area contributed by atoms with Crippen LogP contribution in [0.25, 0.3) is 0 Å². The third kappa shape index (κ3) is 5.12. The van der Waals surface area contributed by atoms with Gasteiger partial charge in [0.05, 0.1) is 7.11 Å². The summed E-state index contributed by atoms with van der Waals surface area (Å²) in [6.45, 7) is 0. The summed E-state index contributed by atoms with van der Waals surface area (Å²) in [7, 11) is 1.31. The van der Waals surface area contributed by atoms with E-state index < -0.39 is 12.0 Å². The molecule has 1 aromatic carbocycles. The van der Waals surface area contributed by atoms with Gasteiger partial charge >= 0.3 is 5.97 Å². The van der Waals surface area contributed by atoms with Crippen molar-refractivity contribution in [2.24, 2.45) is 0 Å². The molecule has 1 N–H and O–H groups in total. The minimum Gasteiger partial charge on any atom is -0.467 e. The fourth-order valence-corrected chi connectivity index (χ4v) is 2.07. The number of carbonyl (C=O) groups is 2. The van der Waals surface area contributed by atoms with E-state index in [1.54, 1.807) is 36.0 Å². The number of amides is 1. The van der Waals surface area contributed by atoms with Gasteiger partial charge in [0, 0.05) is 10.6 Å². The molecule has 1 atom stereocenters. The van der Waals surface area contributed by atoms with Crippen molar-refractivity contribution in [3.8, 4) is 0 Å². The Morgan fingerprint density at radius 1 is 1.37 bits per heavy atom. The lowest BCUT2D eigenvalue weighted by atomic mass is 10.1. The minimum absolute atomic E-state index is 0.312.